The molecule has 2 heterocycles. The molecule has 3 amide bonds. The third-order valence-electron chi connectivity index (χ3n) is 7.29. The van der Waals surface area contributed by atoms with Crippen molar-refractivity contribution in [3.63, 3.8) is 0 Å². The van der Waals surface area contributed by atoms with E-state index in [-0.39, 0.29) is 32.1 Å². The van der Waals surface area contributed by atoms with Crippen molar-refractivity contribution in [3.05, 3.63) is 47.8 Å². The number of ether oxygens (including phenoxy) is 2. The second-order valence-electron chi connectivity index (χ2n) is 12.1. The number of carbonyl (C=O) groups excluding carboxylic acids is 3. The summed E-state index contributed by atoms with van der Waals surface area (Å²) in [5.74, 6) is -0.843. The van der Waals surface area contributed by atoms with Gasteiger partial charge in [-0.05, 0) is 59.9 Å². The van der Waals surface area contributed by atoms with Gasteiger partial charge in [-0.2, -0.15) is 0 Å². The molecule has 0 aromatic heterocycles. The van der Waals surface area contributed by atoms with Crippen LogP contribution in [0.25, 0.3) is 0 Å². The number of benzene rings is 1. The highest BCUT2D eigenvalue weighted by Crippen LogP contribution is 2.44. The molecule has 3 aliphatic rings. The summed E-state index contributed by atoms with van der Waals surface area (Å²) in [5, 5.41) is 0. The summed E-state index contributed by atoms with van der Waals surface area (Å²) in [6.45, 7) is 8.12. The Balaban J connectivity index is 1.75. The van der Waals surface area contributed by atoms with Gasteiger partial charge in [0.25, 0.3) is 5.91 Å². The van der Waals surface area contributed by atoms with Gasteiger partial charge in [0.15, 0.2) is 5.60 Å². The second-order valence-corrected chi connectivity index (χ2v) is 14.4. The van der Waals surface area contributed by atoms with Gasteiger partial charge in [-0.1, -0.05) is 65.2 Å². The number of rotatable bonds is 5. The molecule has 1 aromatic rings. The summed E-state index contributed by atoms with van der Waals surface area (Å²) in [5.41, 5.74) is -3.51. The van der Waals surface area contributed by atoms with Crippen molar-refractivity contribution in [1.29, 1.82) is 0 Å². The van der Waals surface area contributed by atoms with Gasteiger partial charge in [0.05, 0.1) is 12.6 Å². The Morgan fingerprint density at radius 3 is 2.27 bits per heavy atom. The fourth-order valence-corrected chi connectivity index (χ4v) is 5.12. The molecule has 12 heteroatoms. The summed E-state index contributed by atoms with van der Waals surface area (Å²) < 4.78 is 24.1. The predicted octanol–water partition coefficient (Wildman–Crippen LogP) is 6.22. The van der Waals surface area contributed by atoms with Crippen LogP contribution in [0.3, 0.4) is 0 Å². The van der Waals surface area contributed by atoms with Gasteiger partial charge in [0, 0.05) is 24.7 Å². The molecule has 2 unspecified atom stereocenters. The van der Waals surface area contributed by atoms with Crippen molar-refractivity contribution in [1.82, 2.24) is 14.7 Å². The first-order chi connectivity index (χ1) is 18.4. The fraction of sp³-hybridized carbons (Fsp3) is 0.607. The van der Waals surface area contributed by atoms with Crippen LogP contribution in [0.2, 0.25) is 0 Å². The Morgan fingerprint density at radius 2 is 1.70 bits per heavy atom. The third kappa shape index (κ3) is 6.31. The van der Waals surface area contributed by atoms with E-state index in [9.17, 15) is 18.8 Å². The number of hydrogen-bond donors (Lipinski definition) is 0. The van der Waals surface area contributed by atoms with E-state index >= 15 is 0 Å². The van der Waals surface area contributed by atoms with E-state index in [1.54, 1.807) is 49.9 Å². The number of amides is 3. The highest BCUT2D eigenvalue weighted by molar-refractivity contribution is 6.68. The third-order valence-corrected chi connectivity index (χ3v) is 8.65. The minimum Gasteiger partial charge on any atom is -0.444 e. The molecule has 2 fully saturated rings. The van der Waals surface area contributed by atoms with E-state index in [1.807, 2.05) is 6.08 Å². The van der Waals surface area contributed by atoms with Crippen LogP contribution in [-0.2, 0) is 20.8 Å². The summed E-state index contributed by atoms with van der Waals surface area (Å²) in [6, 6.07) is 5.42. The van der Waals surface area contributed by atoms with Crippen molar-refractivity contribution in [2.75, 3.05) is 13.1 Å². The van der Waals surface area contributed by atoms with E-state index in [1.165, 1.54) is 29.7 Å². The lowest BCUT2D eigenvalue weighted by Crippen LogP contribution is -2.75. The molecule has 0 N–H and O–H groups in total. The zero-order valence-corrected chi connectivity index (χ0v) is 25.5. The van der Waals surface area contributed by atoms with Crippen LogP contribution >= 0.6 is 34.8 Å². The summed E-state index contributed by atoms with van der Waals surface area (Å²) in [7, 11) is 0. The lowest BCUT2D eigenvalue weighted by Gasteiger charge is -2.55. The predicted molar refractivity (Wildman–Crippen MR) is 151 cm³/mol. The first-order valence-corrected chi connectivity index (χ1v) is 14.4. The molecule has 4 rings (SSSR count). The maximum absolute atomic E-state index is 14.7. The van der Waals surface area contributed by atoms with E-state index < -0.39 is 50.5 Å². The van der Waals surface area contributed by atoms with Gasteiger partial charge in [-0.15, -0.1) is 0 Å². The Bertz CT molecular complexity index is 1190. The van der Waals surface area contributed by atoms with Crippen LogP contribution in [0.5, 0.6) is 0 Å². The number of alkyl halides is 3. The van der Waals surface area contributed by atoms with Crippen LogP contribution in [0.1, 0.15) is 59.4 Å². The second kappa shape index (κ2) is 10.9. The van der Waals surface area contributed by atoms with Gasteiger partial charge in [0.1, 0.15) is 17.0 Å². The number of carbonyl (C=O) groups is 3. The van der Waals surface area contributed by atoms with E-state index in [4.69, 9.17) is 44.3 Å². The molecule has 1 saturated heterocycles. The van der Waals surface area contributed by atoms with Crippen LogP contribution in [0, 0.1) is 5.82 Å². The minimum absolute atomic E-state index is 0.0152. The SMILES string of the molecule is CC(C)(C)OC(=O)N1CC2C=CCC(C(=O)N(Cc3ccccc3F)C3CC3)(C1)N2C(=O)OC(C)(C)C(Cl)(Cl)Cl. The highest BCUT2D eigenvalue weighted by atomic mass is 35.6. The van der Waals surface area contributed by atoms with Crippen molar-refractivity contribution in [2.45, 2.75) is 93.0 Å². The quantitative estimate of drug-likeness (QED) is 0.289. The Kier molecular flexibility index (Phi) is 8.35. The van der Waals surface area contributed by atoms with E-state index in [0.29, 0.717) is 5.56 Å². The van der Waals surface area contributed by atoms with Crippen LogP contribution in [0.15, 0.2) is 36.4 Å². The largest absolute Gasteiger partial charge is 0.444 e. The van der Waals surface area contributed by atoms with Gasteiger partial charge in [-0.25, -0.2) is 14.0 Å². The molecule has 2 bridgehead atoms. The van der Waals surface area contributed by atoms with E-state index in [0.717, 1.165) is 12.8 Å². The van der Waals surface area contributed by atoms with Crippen molar-refractivity contribution in [3.8, 4) is 0 Å². The summed E-state index contributed by atoms with van der Waals surface area (Å²) in [4.78, 5) is 46.1. The molecule has 2 atom stereocenters. The normalized spacial score (nSPS) is 23.1. The van der Waals surface area contributed by atoms with Gasteiger partial charge < -0.3 is 19.3 Å². The van der Waals surface area contributed by atoms with Crippen LogP contribution in [-0.4, -0.2) is 78.5 Å². The number of hydrogen-bond acceptors (Lipinski definition) is 5. The average molecular weight is 619 g/mol. The topological polar surface area (TPSA) is 79.4 Å². The molecule has 40 heavy (non-hydrogen) atoms. The summed E-state index contributed by atoms with van der Waals surface area (Å²) >= 11 is 18.3. The Labute approximate surface area is 249 Å². The van der Waals surface area contributed by atoms with Gasteiger partial charge in [0.2, 0.25) is 3.79 Å². The first-order valence-electron chi connectivity index (χ1n) is 13.2. The number of nitrogens with zero attached hydrogens (tertiary/aromatic N) is 3. The minimum atomic E-state index is -1.95. The molecule has 0 spiro atoms. The molecule has 1 aromatic carbocycles. The molecule has 1 aliphatic carbocycles. The van der Waals surface area contributed by atoms with Crippen LogP contribution < -0.4 is 0 Å². The zero-order chi connectivity index (χ0) is 29.7. The van der Waals surface area contributed by atoms with E-state index in [2.05, 4.69) is 0 Å². The Hall–Kier alpha value is -2.23. The monoisotopic (exact) mass is 617 g/mol. The molecule has 0 radical (unpaired) electrons. The van der Waals surface area contributed by atoms with Crippen molar-refractivity contribution < 1.29 is 28.2 Å². The molecule has 220 valence electrons. The molecular formula is C28H35Cl3FN3O5. The maximum Gasteiger partial charge on any atom is 0.411 e. The van der Waals surface area contributed by atoms with Crippen LogP contribution in [0.4, 0.5) is 14.0 Å². The lowest BCUT2D eigenvalue weighted by atomic mass is 9.82. The lowest BCUT2D eigenvalue weighted by molar-refractivity contribution is -0.153. The highest BCUT2D eigenvalue weighted by Gasteiger charge is 2.59. The van der Waals surface area contributed by atoms with Gasteiger partial charge >= 0.3 is 12.2 Å². The smallest absolute Gasteiger partial charge is 0.411 e. The zero-order valence-electron chi connectivity index (χ0n) is 23.3. The van der Waals surface area contributed by atoms with Gasteiger partial charge in [-0.3, -0.25) is 9.69 Å². The molecule has 8 nitrogen and oxygen atoms in total. The molecule has 2 aliphatic heterocycles. The summed E-state index contributed by atoms with van der Waals surface area (Å²) in [6.07, 6.45) is 3.71. The molecule has 1 saturated carbocycles. The number of halogens is 4. The number of fused-ring (bicyclic) bond motifs is 2. The standard InChI is InChI=1S/C28H35Cl3FN3O5/c1-25(2,3)39-23(37)33-16-20-10-8-14-27(17-33,35(20)24(38)40-26(4,5)28(29,30)31)22(36)34(19-12-13-19)15-18-9-6-7-11-21(18)32/h6-11,19-20H,12-17H2,1-5H3. The number of piperazine rings is 1. The van der Waals surface area contributed by atoms with Crippen molar-refractivity contribution >= 4 is 52.9 Å². The first kappa shape index (κ1) is 30.7. The fourth-order valence-electron chi connectivity index (χ4n) is 5.00. The maximum atomic E-state index is 14.7. The average Bonchev–Trinajstić information content (AvgIpc) is 3.65. The molecular weight excluding hydrogens is 584 g/mol. The Morgan fingerprint density at radius 1 is 1.05 bits per heavy atom. The van der Waals surface area contributed by atoms with Crippen molar-refractivity contribution in [2.24, 2.45) is 0 Å².